The largest absolute Gasteiger partial charge is 0.284 e. The molecule has 0 aliphatic heterocycles. The fraction of sp³-hybridized carbons (Fsp3) is 0. The van der Waals surface area contributed by atoms with Gasteiger partial charge in [-0.3, -0.25) is 24.0 Å². The average Bonchev–Trinajstić information content (AvgIpc) is 2.13. The van der Waals surface area contributed by atoms with E-state index >= 15 is 0 Å². The first-order chi connectivity index (χ1) is 6.00. The van der Waals surface area contributed by atoms with Gasteiger partial charge < -0.3 is 0 Å². The van der Waals surface area contributed by atoms with Crippen LogP contribution in [0.4, 0.5) is 0 Å². The van der Waals surface area contributed by atoms with E-state index in [9.17, 15) is 28.8 Å². The van der Waals surface area contributed by atoms with Crippen LogP contribution in [0.25, 0.3) is 0 Å². The van der Waals surface area contributed by atoms with E-state index in [0.717, 1.165) is 5.94 Å². The van der Waals surface area contributed by atoms with Crippen LogP contribution in [-0.2, 0) is 28.8 Å². The Morgan fingerprint density at radius 1 is 0.615 bits per heavy atom. The summed E-state index contributed by atoms with van der Waals surface area (Å²) in [6.07, 6.45) is 0. The fourth-order valence-corrected chi connectivity index (χ4v) is 0.732. The van der Waals surface area contributed by atoms with E-state index in [2.05, 4.69) is 0 Å². The first-order valence-corrected chi connectivity index (χ1v) is 2.97. The van der Waals surface area contributed by atoms with Crippen molar-refractivity contribution in [2.24, 2.45) is 0 Å². The lowest BCUT2D eigenvalue weighted by Gasteiger charge is -2.03. The first-order valence-electron chi connectivity index (χ1n) is 2.97. The zero-order valence-corrected chi connectivity index (χ0v) is 5.95. The Balaban J connectivity index is 3.39. The number of Topliss-reactive ketones (excluding diaryl/α,β-unsaturated/α-hetero) is 5. The van der Waals surface area contributed by atoms with Crippen molar-refractivity contribution in [1.29, 1.82) is 0 Å². The Morgan fingerprint density at radius 3 is 1.23 bits per heavy atom. The van der Waals surface area contributed by atoms with Gasteiger partial charge in [-0.15, -0.1) is 0 Å². The maximum atomic E-state index is 10.7. The highest BCUT2D eigenvalue weighted by Gasteiger charge is 2.45. The Labute approximate surface area is 70.2 Å². The quantitative estimate of drug-likeness (QED) is 0.178. The van der Waals surface area contributed by atoms with Gasteiger partial charge in [0, 0.05) is 0 Å². The third-order valence-corrected chi connectivity index (χ3v) is 1.38. The highest BCUT2D eigenvalue weighted by molar-refractivity contribution is 6.96. The summed E-state index contributed by atoms with van der Waals surface area (Å²) in [5.74, 6) is -7.30. The Hall–Kier alpha value is -2.20. The molecule has 1 aliphatic carbocycles. The zero-order chi connectivity index (χ0) is 10.2. The van der Waals surface area contributed by atoms with E-state index in [0.29, 0.717) is 0 Å². The van der Waals surface area contributed by atoms with Gasteiger partial charge in [-0.05, 0) is 0 Å². The number of carbonyl (C=O) groups is 5. The summed E-state index contributed by atoms with van der Waals surface area (Å²) in [5.41, 5.74) is -1.20. The number of carbonyl (C=O) groups excluding carboxylic acids is 6. The molecule has 0 unspecified atom stereocenters. The van der Waals surface area contributed by atoms with Crippen molar-refractivity contribution in [3.8, 4) is 0 Å². The molecule has 1 aliphatic rings. The predicted octanol–water partition coefficient (Wildman–Crippen LogP) is -2.40. The molecular weight excluding hydrogens is 180 g/mol. The maximum Gasteiger partial charge on any atom is 0.281 e. The molecule has 0 radical (unpaired) electrons. The van der Waals surface area contributed by atoms with Crippen LogP contribution in [0.3, 0.4) is 0 Å². The molecule has 0 atom stereocenters. The highest BCUT2D eigenvalue weighted by atomic mass is 16.2. The third kappa shape index (κ3) is 1.05. The third-order valence-electron chi connectivity index (χ3n) is 1.38. The highest BCUT2D eigenvalue weighted by Crippen LogP contribution is 2.05. The molecule has 1 saturated carbocycles. The van der Waals surface area contributed by atoms with Crippen LogP contribution >= 0.6 is 0 Å². The molecule has 6 heteroatoms. The van der Waals surface area contributed by atoms with Crippen molar-refractivity contribution in [3.63, 3.8) is 0 Å². The molecule has 0 aromatic carbocycles. The molecule has 1 fully saturated rings. The Morgan fingerprint density at radius 2 is 0.923 bits per heavy atom. The molecule has 6 nitrogen and oxygen atoms in total. The zero-order valence-electron chi connectivity index (χ0n) is 5.95. The van der Waals surface area contributed by atoms with Gasteiger partial charge in [-0.1, -0.05) is 0 Å². The second kappa shape index (κ2) is 2.69. The molecule has 13 heavy (non-hydrogen) atoms. The lowest BCUT2D eigenvalue weighted by atomic mass is 9.90. The van der Waals surface area contributed by atoms with Gasteiger partial charge in [0.1, 0.15) is 5.94 Å². The van der Waals surface area contributed by atoms with Crippen LogP contribution in [-0.4, -0.2) is 34.9 Å². The van der Waals surface area contributed by atoms with Crippen LogP contribution < -0.4 is 0 Å². The van der Waals surface area contributed by atoms with Gasteiger partial charge in [-0.2, -0.15) is 0 Å². The van der Waals surface area contributed by atoms with E-state index in [-0.39, 0.29) is 0 Å². The lowest BCUT2D eigenvalue weighted by molar-refractivity contribution is -0.152. The molecule has 0 saturated heterocycles. The van der Waals surface area contributed by atoms with Crippen molar-refractivity contribution in [3.05, 3.63) is 5.57 Å². The van der Waals surface area contributed by atoms with Crippen LogP contribution in [0.5, 0.6) is 0 Å². The van der Waals surface area contributed by atoms with E-state index in [4.69, 9.17) is 0 Å². The minimum atomic E-state index is -1.70. The number of hydrogen-bond acceptors (Lipinski definition) is 6. The Kier molecular flexibility index (Phi) is 1.84. The number of rotatable bonds is 0. The van der Waals surface area contributed by atoms with Crippen molar-refractivity contribution in [2.75, 3.05) is 0 Å². The van der Waals surface area contributed by atoms with Crippen molar-refractivity contribution < 1.29 is 28.8 Å². The van der Waals surface area contributed by atoms with E-state index in [1.807, 2.05) is 0 Å². The monoisotopic (exact) mass is 180 g/mol. The summed E-state index contributed by atoms with van der Waals surface area (Å²) < 4.78 is 0. The molecule has 64 valence electrons. The Bertz CT molecular complexity index is 388. The van der Waals surface area contributed by atoms with Crippen molar-refractivity contribution in [2.45, 2.75) is 0 Å². The normalized spacial score (nSPS) is 17.8. The minimum absolute atomic E-state index is 0.859. The summed E-state index contributed by atoms with van der Waals surface area (Å²) >= 11 is 0. The molecule has 0 aromatic heterocycles. The lowest BCUT2D eigenvalue weighted by Crippen LogP contribution is -2.44. The molecule has 0 N–H and O–H groups in total. The standard InChI is InChI=1S/C7O6/c8-1-2-3(9)5(11)7(13)6(12)4(2)10. The van der Waals surface area contributed by atoms with Crippen molar-refractivity contribution >= 4 is 34.9 Å². The summed E-state index contributed by atoms with van der Waals surface area (Å²) in [5, 5.41) is 0. The minimum Gasteiger partial charge on any atom is -0.284 e. The molecular formula is C7O6. The summed E-state index contributed by atoms with van der Waals surface area (Å²) in [7, 11) is 0. The molecule has 0 bridgehead atoms. The van der Waals surface area contributed by atoms with Crippen LogP contribution in [0.15, 0.2) is 5.57 Å². The molecule has 0 heterocycles. The molecule has 0 aromatic rings. The molecule has 0 amide bonds. The van der Waals surface area contributed by atoms with Crippen molar-refractivity contribution in [1.82, 2.24) is 0 Å². The van der Waals surface area contributed by atoms with E-state index in [1.54, 1.807) is 0 Å². The average molecular weight is 180 g/mol. The molecule has 0 spiro atoms. The van der Waals surface area contributed by atoms with Gasteiger partial charge in [0.25, 0.3) is 28.9 Å². The second-order valence-electron chi connectivity index (χ2n) is 2.12. The second-order valence-corrected chi connectivity index (χ2v) is 2.12. The first kappa shape index (κ1) is 8.89. The molecule has 1 rings (SSSR count). The summed E-state index contributed by atoms with van der Waals surface area (Å²) in [4.78, 5) is 63.0. The maximum absolute atomic E-state index is 10.7. The predicted molar refractivity (Wildman–Crippen MR) is 34.2 cm³/mol. The SMILES string of the molecule is O=C=C1C(=O)C(=O)C(=O)C(=O)C1=O. The topological polar surface area (TPSA) is 102 Å². The van der Waals surface area contributed by atoms with E-state index in [1.165, 1.54) is 0 Å². The van der Waals surface area contributed by atoms with Crippen LogP contribution in [0, 0.1) is 0 Å². The number of hydrogen-bond donors (Lipinski definition) is 0. The van der Waals surface area contributed by atoms with Gasteiger partial charge in [-0.25, -0.2) is 4.79 Å². The summed E-state index contributed by atoms with van der Waals surface area (Å²) in [6, 6.07) is 0. The summed E-state index contributed by atoms with van der Waals surface area (Å²) in [6.45, 7) is 0. The van der Waals surface area contributed by atoms with Gasteiger partial charge >= 0.3 is 0 Å². The van der Waals surface area contributed by atoms with Crippen LogP contribution in [0.1, 0.15) is 0 Å². The fourth-order valence-electron chi connectivity index (χ4n) is 0.732. The van der Waals surface area contributed by atoms with Gasteiger partial charge in [0.05, 0.1) is 0 Å². The van der Waals surface area contributed by atoms with Crippen LogP contribution in [0.2, 0.25) is 0 Å². The number of allylic oxidation sites excluding steroid dienone is 1. The number of ketones is 5. The smallest absolute Gasteiger partial charge is 0.281 e. The van der Waals surface area contributed by atoms with Gasteiger partial charge in [0.15, 0.2) is 5.57 Å². The van der Waals surface area contributed by atoms with E-state index < -0.39 is 34.5 Å². The van der Waals surface area contributed by atoms with Gasteiger partial charge in [0.2, 0.25) is 0 Å².